The van der Waals surface area contributed by atoms with Crippen LogP contribution in [-0.4, -0.2) is 49.9 Å². The van der Waals surface area contributed by atoms with Crippen LogP contribution in [0, 0.1) is 0 Å². The maximum absolute atomic E-state index is 9.72. The molecule has 1 aromatic carbocycles. The van der Waals surface area contributed by atoms with E-state index in [-0.39, 0.29) is 5.75 Å². The third kappa shape index (κ3) is 7.67. The standard InChI is InChI=1S/C14H16ClN3O.2C2H4O2/c15-13-11(4-1-5-12(13)19)14-17-7-8-18(14)10-3-2-6-16-9-10;2*1-2(3)4/h1,4-5,7-8,10,16,19H,2-3,6,9H2;2*1H3,(H,3,4)/t10-;;/m1../s1. The summed E-state index contributed by atoms with van der Waals surface area (Å²) < 4.78 is 2.15. The summed E-state index contributed by atoms with van der Waals surface area (Å²) in [6.45, 7) is 4.19. The lowest BCUT2D eigenvalue weighted by atomic mass is 10.1. The number of hydrogen-bond donors (Lipinski definition) is 4. The molecule has 3 rings (SSSR count). The smallest absolute Gasteiger partial charge is 0.300 e. The fourth-order valence-corrected chi connectivity index (χ4v) is 2.79. The zero-order valence-corrected chi connectivity index (χ0v) is 16.0. The van der Waals surface area contributed by atoms with E-state index in [4.69, 9.17) is 31.4 Å². The van der Waals surface area contributed by atoms with Crippen LogP contribution in [0.5, 0.6) is 5.75 Å². The normalized spacial score (nSPS) is 15.6. The van der Waals surface area contributed by atoms with Gasteiger partial charge in [-0.05, 0) is 31.5 Å². The van der Waals surface area contributed by atoms with Gasteiger partial charge in [0, 0.05) is 44.4 Å². The van der Waals surface area contributed by atoms with Crippen molar-refractivity contribution in [2.45, 2.75) is 32.7 Å². The van der Waals surface area contributed by atoms with Gasteiger partial charge in [-0.15, -0.1) is 0 Å². The van der Waals surface area contributed by atoms with Crippen molar-refractivity contribution in [2.24, 2.45) is 0 Å². The fourth-order valence-electron chi connectivity index (χ4n) is 2.58. The minimum atomic E-state index is -0.833. The Bertz CT molecular complexity index is 737. The molecule has 0 saturated carbocycles. The van der Waals surface area contributed by atoms with Gasteiger partial charge in [0.25, 0.3) is 11.9 Å². The number of imidazole rings is 1. The van der Waals surface area contributed by atoms with E-state index < -0.39 is 11.9 Å². The SMILES string of the molecule is CC(=O)O.CC(=O)O.Oc1cccc(-c2nccn2[C@@H]2CCCNC2)c1Cl. The third-order valence-corrected chi connectivity index (χ3v) is 3.95. The van der Waals surface area contributed by atoms with Gasteiger partial charge in [0.1, 0.15) is 11.6 Å². The Morgan fingerprint density at radius 2 is 1.89 bits per heavy atom. The van der Waals surface area contributed by atoms with Gasteiger partial charge in [-0.1, -0.05) is 17.7 Å². The molecule has 148 valence electrons. The number of hydrogen-bond acceptors (Lipinski definition) is 5. The molecule has 0 aliphatic carbocycles. The van der Waals surface area contributed by atoms with Gasteiger partial charge in [0.05, 0.1) is 5.02 Å². The van der Waals surface area contributed by atoms with Crippen LogP contribution in [0.1, 0.15) is 32.7 Å². The predicted octanol–water partition coefficient (Wildman–Crippen LogP) is 3.02. The molecule has 1 aliphatic rings. The summed E-state index contributed by atoms with van der Waals surface area (Å²) in [5, 5.41) is 28.3. The first-order valence-corrected chi connectivity index (χ1v) is 8.72. The molecule has 1 fully saturated rings. The van der Waals surface area contributed by atoms with E-state index in [0.29, 0.717) is 11.1 Å². The third-order valence-electron chi connectivity index (χ3n) is 3.55. The number of carboxylic acids is 2. The molecule has 9 heteroatoms. The number of phenols is 1. The topological polar surface area (TPSA) is 125 Å². The molecule has 1 aliphatic heterocycles. The van der Waals surface area contributed by atoms with Crippen LogP contribution in [-0.2, 0) is 9.59 Å². The number of halogens is 1. The van der Waals surface area contributed by atoms with Crippen LogP contribution in [0.25, 0.3) is 11.4 Å². The molecule has 2 aromatic rings. The molecule has 2 heterocycles. The number of carboxylic acid groups (broad SMARTS) is 2. The Kier molecular flexibility index (Phi) is 9.32. The Morgan fingerprint density at radius 1 is 1.26 bits per heavy atom. The van der Waals surface area contributed by atoms with Gasteiger partial charge in [-0.2, -0.15) is 0 Å². The molecule has 0 amide bonds. The van der Waals surface area contributed by atoms with E-state index in [1.165, 1.54) is 0 Å². The predicted molar refractivity (Wildman–Crippen MR) is 102 cm³/mol. The van der Waals surface area contributed by atoms with Gasteiger partial charge in [0.2, 0.25) is 0 Å². The van der Waals surface area contributed by atoms with Crippen molar-refractivity contribution in [1.29, 1.82) is 0 Å². The zero-order chi connectivity index (χ0) is 20.4. The first kappa shape index (κ1) is 22.5. The average molecular weight is 398 g/mol. The molecule has 1 aromatic heterocycles. The maximum atomic E-state index is 9.72. The van der Waals surface area contributed by atoms with E-state index in [0.717, 1.165) is 51.2 Å². The molecule has 0 spiro atoms. The monoisotopic (exact) mass is 397 g/mol. The molecule has 8 nitrogen and oxygen atoms in total. The average Bonchev–Trinajstić information content (AvgIpc) is 3.06. The van der Waals surface area contributed by atoms with Crippen LogP contribution < -0.4 is 5.32 Å². The molecule has 4 N–H and O–H groups in total. The maximum Gasteiger partial charge on any atom is 0.300 e. The molecule has 27 heavy (non-hydrogen) atoms. The highest BCUT2D eigenvalue weighted by atomic mass is 35.5. The van der Waals surface area contributed by atoms with Crippen LogP contribution in [0.15, 0.2) is 30.6 Å². The van der Waals surface area contributed by atoms with Crippen molar-refractivity contribution in [3.05, 3.63) is 35.6 Å². The lowest BCUT2D eigenvalue weighted by molar-refractivity contribution is -0.135. The minimum Gasteiger partial charge on any atom is -0.506 e. The molecular weight excluding hydrogens is 374 g/mol. The summed E-state index contributed by atoms with van der Waals surface area (Å²) in [6, 6.07) is 5.65. The Labute approximate surface area is 162 Å². The van der Waals surface area contributed by atoms with Gasteiger partial charge in [-0.25, -0.2) is 4.98 Å². The number of piperidine rings is 1. The van der Waals surface area contributed by atoms with Gasteiger partial charge < -0.3 is 25.2 Å². The zero-order valence-electron chi connectivity index (χ0n) is 15.2. The summed E-state index contributed by atoms with van der Waals surface area (Å²) in [4.78, 5) is 22.4. The van der Waals surface area contributed by atoms with Gasteiger partial charge in [0.15, 0.2) is 0 Å². The summed E-state index contributed by atoms with van der Waals surface area (Å²) in [7, 11) is 0. The first-order chi connectivity index (χ1) is 12.7. The van der Waals surface area contributed by atoms with Crippen molar-refractivity contribution in [3.8, 4) is 17.1 Å². The van der Waals surface area contributed by atoms with Crippen molar-refractivity contribution in [3.63, 3.8) is 0 Å². The molecule has 0 radical (unpaired) electrons. The second-order valence-corrected chi connectivity index (χ2v) is 6.21. The van der Waals surface area contributed by atoms with Crippen molar-refractivity contribution < 1.29 is 24.9 Å². The number of nitrogens with zero attached hydrogens (tertiary/aromatic N) is 2. The molecule has 0 bridgehead atoms. The number of aliphatic carboxylic acids is 2. The first-order valence-electron chi connectivity index (χ1n) is 8.34. The summed E-state index contributed by atoms with van der Waals surface area (Å²) >= 11 is 6.18. The van der Waals surface area contributed by atoms with E-state index in [9.17, 15) is 5.11 Å². The van der Waals surface area contributed by atoms with Gasteiger partial charge in [-0.3, -0.25) is 9.59 Å². The fraction of sp³-hybridized carbons (Fsp3) is 0.389. The largest absolute Gasteiger partial charge is 0.506 e. The van der Waals surface area contributed by atoms with Crippen molar-refractivity contribution in [2.75, 3.05) is 13.1 Å². The number of phenolic OH excluding ortho intramolecular Hbond substituents is 1. The highest BCUT2D eigenvalue weighted by molar-refractivity contribution is 6.34. The number of rotatable bonds is 2. The quantitative estimate of drug-likeness (QED) is 0.613. The number of aromatic hydroxyl groups is 1. The van der Waals surface area contributed by atoms with Crippen molar-refractivity contribution >= 4 is 23.5 Å². The molecule has 0 unspecified atom stereocenters. The van der Waals surface area contributed by atoms with E-state index in [2.05, 4.69) is 14.9 Å². The number of aromatic nitrogens is 2. The Balaban J connectivity index is 0.000000390. The summed E-state index contributed by atoms with van der Waals surface area (Å²) in [5.41, 5.74) is 0.775. The number of benzene rings is 1. The van der Waals surface area contributed by atoms with E-state index >= 15 is 0 Å². The Hall–Kier alpha value is -2.58. The van der Waals surface area contributed by atoms with Gasteiger partial charge >= 0.3 is 0 Å². The second kappa shape index (κ2) is 11.2. The lowest BCUT2D eigenvalue weighted by Crippen LogP contribution is -2.31. The highest BCUT2D eigenvalue weighted by Crippen LogP contribution is 2.35. The van der Waals surface area contributed by atoms with Crippen LogP contribution >= 0.6 is 11.6 Å². The Morgan fingerprint density at radius 3 is 2.44 bits per heavy atom. The number of nitrogens with one attached hydrogen (secondary N) is 1. The van der Waals surface area contributed by atoms with Crippen LogP contribution in [0.2, 0.25) is 5.02 Å². The van der Waals surface area contributed by atoms with E-state index in [1.807, 2.05) is 12.3 Å². The molecule has 1 atom stereocenters. The highest BCUT2D eigenvalue weighted by Gasteiger charge is 2.20. The van der Waals surface area contributed by atoms with Crippen molar-refractivity contribution in [1.82, 2.24) is 14.9 Å². The van der Waals surface area contributed by atoms with Crippen LogP contribution in [0.3, 0.4) is 0 Å². The minimum absolute atomic E-state index is 0.0930. The molecule has 1 saturated heterocycles. The van der Waals surface area contributed by atoms with Crippen LogP contribution in [0.4, 0.5) is 0 Å². The number of carbonyl (C=O) groups is 2. The molecular formula is C18H24ClN3O5. The summed E-state index contributed by atoms with van der Waals surface area (Å²) in [6.07, 6.45) is 6.06. The van der Waals surface area contributed by atoms with E-state index in [1.54, 1.807) is 18.3 Å². The lowest BCUT2D eigenvalue weighted by Gasteiger charge is -2.25. The summed E-state index contributed by atoms with van der Waals surface area (Å²) in [5.74, 6) is -0.759. The second-order valence-electron chi connectivity index (χ2n) is 5.84.